The fourth-order valence-electron chi connectivity index (χ4n) is 17.9. The van der Waals surface area contributed by atoms with Gasteiger partial charge in [0.05, 0.1) is 82.5 Å². The number of piperidine rings is 1. The summed E-state index contributed by atoms with van der Waals surface area (Å²) in [6, 6.07) is 20.5. The molecule has 6 unspecified atom stereocenters. The highest BCUT2D eigenvalue weighted by Crippen LogP contribution is 2.44. The van der Waals surface area contributed by atoms with Crippen molar-refractivity contribution in [3.8, 4) is 51.9 Å². The monoisotopic (exact) mass is 1770 g/mol. The molecule has 4 saturated heterocycles. The lowest BCUT2D eigenvalue weighted by Gasteiger charge is -2.45. The van der Waals surface area contributed by atoms with Crippen LogP contribution < -0.4 is 36.7 Å². The summed E-state index contributed by atoms with van der Waals surface area (Å²) in [4.78, 5) is 141. The van der Waals surface area contributed by atoms with Gasteiger partial charge in [-0.2, -0.15) is 15.0 Å². The third-order valence-electron chi connectivity index (χ3n) is 24.6. The van der Waals surface area contributed by atoms with E-state index in [-0.39, 0.29) is 99.2 Å². The molecule has 0 saturated carbocycles. The molecule has 30 heteroatoms. The van der Waals surface area contributed by atoms with Gasteiger partial charge in [0.2, 0.25) is 17.7 Å². The van der Waals surface area contributed by atoms with Crippen LogP contribution in [0.2, 0.25) is 15.1 Å². The van der Waals surface area contributed by atoms with Crippen molar-refractivity contribution in [2.24, 2.45) is 0 Å². The number of benzene rings is 2. The molecule has 127 heavy (non-hydrogen) atoms. The number of rotatable bonds is 16. The fraction of sp³-hybridized carbons (Fsp3) is 0.402. The molecule has 15 rings (SSSR count). The van der Waals surface area contributed by atoms with Crippen LogP contribution in [0.5, 0.6) is 0 Å². The van der Waals surface area contributed by atoms with Crippen molar-refractivity contribution in [3.05, 3.63) is 227 Å². The maximum Gasteiger partial charge on any atom is 0.355 e. The van der Waals surface area contributed by atoms with Crippen LogP contribution in [0.25, 0.3) is 72.7 Å². The Kier molecular flexibility index (Phi) is 27.6. The van der Waals surface area contributed by atoms with Crippen LogP contribution in [-0.2, 0) is 20.8 Å². The fourth-order valence-corrected chi connectivity index (χ4v) is 18.7. The minimum atomic E-state index is -0.566. The number of hydrogen-bond donors (Lipinski definition) is 0. The highest BCUT2D eigenvalue weighted by molar-refractivity contribution is 6.35. The van der Waals surface area contributed by atoms with Crippen LogP contribution in [0, 0.1) is 38.9 Å². The average Bonchev–Trinajstić information content (AvgIpc) is 0.740. The molecular formula is C97H110Cl3FN20O6. The Bertz CT molecular complexity index is 6440. The minimum Gasteiger partial charge on any atom is -0.350 e. The molecule has 2 aromatic carbocycles. The number of halogens is 4. The van der Waals surface area contributed by atoms with Crippen molar-refractivity contribution >= 4 is 109 Å². The van der Waals surface area contributed by atoms with Crippen molar-refractivity contribution in [2.75, 3.05) is 65.4 Å². The van der Waals surface area contributed by atoms with E-state index in [1.807, 2.05) is 155 Å². The number of nitrogens with zero attached hydrogens (tertiary/aromatic N) is 20. The summed E-state index contributed by atoms with van der Waals surface area (Å²) >= 11 is 20.8. The van der Waals surface area contributed by atoms with Crippen LogP contribution in [0.4, 0.5) is 27.7 Å². The third-order valence-corrected chi connectivity index (χ3v) is 25.5. The highest BCUT2D eigenvalue weighted by atomic mass is 35.5. The number of carbonyl (C=O) groups is 3. The molecule has 4 aliphatic heterocycles. The van der Waals surface area contributed by atoms with Crippen LogP contribution in [-0.4, -0.2) is 184 Å². The largest absolute Gasteiger partial charge is 0.355 e. The second-order valence-electron chi connectivity index (χ2n) is 35.0. The SMILES string of the molecule is C#Cc1ccc(F)c(-c2nc3c(cc2Cl)c(N2CC(C)N(C(=O)C=C)CC2C)nc(=O)n3-c2c(C)ccnc2C(C)C)c1.C=CC(=O)N1CC(C)N(c2nc(=O)n(-c3c(C)ccnc3C(C)C)c3nc(N4CCCCC4(C)C)c(Cl)cc23)CC1C.C=CC(=O)N1CC(C)N(c2nc(=O)n(-c3c(CC)ncnc3C(C)C)c3nc(-c4ccccc4C)c(Cl)cc23)CC1C. The number of piperazine rings is 3. The summed E-state index contributed by atoms with van der Waals surface area (Å²) in [5.41, 5.74) is 9.38. The summed E-state index contributed by atoms with van der Waals surface area (Å²) < 4.78 is 19.8. The molecule has 3 amide bonds. The quantitative estimate of drug-likeness (QED) is 0.0642. The lowest BCUT2D eigenvalue weighted by atomic mass is 9.90. The van der Waals surface area contributed by atoms with Gasteiger partial charge in [-0.05, 0) is 203 Å². The molecule has 11 aromatic rings. The number of carbonyl (C=O) groups excluding carboxylic acids is 3. The van der Waals surface area contributed by atoms with E-state index in [2.05, 4.69) is 98.0 Å². The van der Waals surface area contributed by atoms with Gasteiger partial charge in [-0.15, -0.1) is 6.42 Å². The first kappa shape index (κ1) is 92.5. The zero-order valence-electron chi connectivity index (χ0n) is 75.5. The van der Waals surface area contributed by atoms with Gasteiger partial charge in [-0.3, -0.25) is 24.4 Å². The van der Waals surface area contributed by atoms with E-state index in [4.69, 9.17) is 61.2 Å². The van der Waals surface area contributed by atoms with E-state index >= 15 is 4.39 Å². The Balaban J connectivity index is 0.000000163. The Morgan fingerprint density at radius 1 is 0.504 bits per heavy atom. The molecular weight excluding hydrogens is 1670 g/mol. The molecule has 6 atom stereocenters. The zero-order valence-corrected chi connectivity index (χ0v) is 77.7. The summed E-state index contributed by atoms with van der Waals surface area (Å²) in [6.45, 7) is 51.0. The van der Waals surface area contributed by atoms with Gasteiger partial charge in [-0.25, -0.2) is 57.4 Å². The Labute approximate surface area is 755 Å². The van der Waals surface area contributed by atoms with Crippen molar-refractivity contribution in [3.63, 3.8) is 0 Å². The van der Waals surface area contributed by atoms with Crippen LogP contribution >= 0.6 is 34.8 Å². The summed E-state index contributed by atoms with van der Waals surface area (Å²) in [6.07, 6.45) is 18.4. The lowest BCUT2D eigenvalue weighted by Crippen LogP contribution is -2.58. The van der Waals surface area contributed by atoms with Crippen molar-refractivity contribution in [1.29, 1.82) is 0 Å². The van der Waals surface area contributed by atoms with Gasteiger partial charge in [0.15, 0.2) is 16.9 Å². The maximum atomic E-state index is 15.2. The molecule has 0 spiro atoms. The molecule has 13 heterocycles. The third kappa shape index (κ3) is 17.9. The van der Waals surface area contributed by atoms with E-state index in [0.29, 0.717) is 140 Å². The van der Waals surface area contributed by atoms with Crippen molar-refractivity contribution < 1.29 is 18.8 Å². The van der Waals surface area contributed by atoms with Crippen molar-refractivity contribution in [1.82, 2.24) is 78.2 Å². The lowest BCUT2D eigenvalue weighted by molar-refractivity contribution is -0.129. The number of fused-ring (bicyclic) bond motifs is 3. The topological polar surface area (TPSA) is 269 Å². The molecule has 0 aliphatic carbocycles. The van der Waals surface area contributed by atoms with Gasteiger partial charge in [0, 0.05) is 117 Å². The first-order valence-corrected chi connectivity index (χ1v) is 44.4. The van der Waals surface area contributed by atoms with Crippen LogP contribution in [0.3, 0.4) is 0 Å². The van der Waals surface area contributed by atoms with Gasteiger partial charge < -0.3 is 34.3 Å². The molecule has 4 fully saturated rings. The van der Waals surface area contributed by atoms with Gasteiger partial charge in [0.1, 0.15) is 35.4 Å². The normalized spacial score (nSPS) is 18.3. The highest BCUT2D eigenvalue weighted by Gasteiger charge is 2.40. The smallest absolute Gasteiger partial charge is 0.350 e. The maximum absolute atomic E-state index is 15.2. The number of amides is 3. The average molecular weight is 1780 g/mol. The molecule has 0 bridgehead atoms. The zero-order chi connectivity index (χ0) is 92.0. The van der Waals surface area contributed by atoms with Crippen LogP contribution in [0.15, 0.2) is 144 Å². The number of aromatic nitrogens is 13. The molecule has 4 aliphatic rings. The first-order valence-electron chi connectivity index (χ1n) is 43.2. The number of hydrogen-bond acceptors (Lipinski definition) is 20. The van der Waals surface area contributed by atoms with Gasteiger partial charge in [-0.1, -0.05) is 133 Å². The Hall–Kier alpha value is -12.1. The second kappa shape index (κ2) is 37.8. The summed E-state index contributed by atoms with van der Waals surface area (Å²) in [7, 11) is 0. The number of terminal acetylenes is 1. The molecule has 662 valence electrons. The minimum absolute atomic E-state index is 0.0226. The Morgan fingerprint density at radius 2 is 0.913 bits per heavy atom. The van der Waals surface area contributed by atoms with E-state index in [1.54, 1.807) is 43.7 Å². The van der Waals surface area contributed by atoms with E-state index in [0.717, 1.165) is 65.1 Å². The van der Waals surface area contributed by atoms with Crippen molar-refractivity contribution in [2.45, 2.75) is 210 Å². The number of aryl methyl sites for hydroxylation is 4. The van der Waals surface area contributed by atoms with E-state index < -0.39 is 22.9 Å². The van der Waals surface area contributed by atoms with Gasteiger partial charge in [0.25, 0.3) is 0 Å². The summed E-state index contributed by atoms with van der Waals surface area (Å²) in [5.74, 6) is 3.73. The second-order valence-corrected chi connectivity index (χ2v) is 36.2. The van der Waals surface area contributed by atoms with E-state index in [9.17, 15) is 28.8 Å². The van der Waals surface area contributed by atoms with E-state index in [1.165, 1.54) is 41.0 Å². The molecule has 26 nitrogen and oxygen atoms in total. The summed E-state index contributed by atoms with van der Waals surface area (Å²) in [5, 5.41) is 2.98. The van der Waals surface area contributed by atoms with Gasteiger partial charge >= 0.3 is 17.1 Å². The molecule has 0 radical (unpaired) electrons. The number of pyridine rings is 5. The predicted molar refractivity (Wildman–Crippen MR) is 506 cm³/mol. The molecule has 0 N–H and O–H groups in total. The van der Waals surface area contributed by atoms with Crippen LogP contribution in [0.1, 0.15) is 186 Å². The predicted octanol–water partition coefficient (Wildman–Crippen LogP) is 16.8. The molecule has 9 aromatic heterocycles. The number of anilines is 4. The standard InChI is InChI=1S/C33H32ClFN6O2.C32H42ClN7O2.C32H36ClN7O2/c1-8-22-10-11-26(35)23(14-22)29-25(34)15-24-31(40-17-20(6)39(16-21(40)7)27(42)9-2)38-33(43)41(32(24)37-29)30-19(5)12-13-36-28(30)18(3)4;1-9-25(41)37-17-22(6)38(18-21(37)5)28-23-16-24(33)30(39-15-11-10-13-32(39,7)8)35-29(23)40(31(42)36-28)27-20(4)12-14-34-26(27)19(2)3;1-8-25-29(27(18(3)4)35-17-34-25)40-31-23(14-24(33)28(36-31)22-13-11-10-12-19(22)5)30(37-32(40)42)39-16-20(6)38(15-21(39)7)26(41)9-2/h1,9-15,18,20-21H,2,16-17H2,3-7H3;9,12,14,16,19,21-22H,1,10-11,13,15,17-18H2,2-8H3;9-14,17-18,20-21H,2,8,15-16H2,1,3-7H3. The Morgan fingerprint density at radius 3 is 1.32 bits per heavy atom. The first-order chi connectivity index (χ1) is 60.4.